The Kier molecular flexibility index (Phi) is 5.25. The molecule has 156 valence electrons. The maximum atomic E-state index is 10.8. The second-order valence-corrected chi connectivity index (χ2v) is 8.82. The highest BCUT2D eigenvalue weighted by atomic mass is 16.1. The largest absolute Gasteiger partial charge is 0.350 e. The minimum atomic E-state index is 0.531. The van der Waals surface area contributed by atoms with Gasteiger partial charge in [-0.2, -0.15) is 0 Å². The highest BCUT2D eigenvalue weighted by Gasteiger charge is 2.29. The van der Waals surface area contributed by atoms with Crippen LogP contribution in [0.2, 0.25) is 0 Å². The molecule has 0 radical (unpaired) electrons. The molecular formula is C24H29N5O. The molecule has 1 aromatic carbocycles. The van der Waals surface area contributed by atoms with Crippen molar-refractivity contribution in [2.45, 2.75) is 25.2 Å². The van der Waals surface area contributed by atoms with Gasteiger partial charge in [0.15, 0.2) is 6.29 Å². The molecule has 3 aromatic rings. The molecule has 1 unspecified atom stereocenters. The van der Waals surface area contributed by atoms with Gasteiger partial charge >= 0.3 is 0 Å². The van der Waals surface area contributed by atoms with Crippen LogP contribution in [-0.4, -0.2) is 58.4 Å². The fourth-order valence-corrected chi connectivity index (χ4v) is 5.19. The highest BCUT2D eigenvalue weighted by Crippen LogP contribution is 2.34. The fourth-order valence-electron chi connectivity index (χ4n) is 5.19. The van der Waals surface area contributed by atoms with Gasteiger partial charge in [-0.15, -0.1) is 0 Å². The monoisotopic (exact) mass is 403 g/mol. The first-order valence-electron chi connectivity index (χ1n) is 11.0. The molecule has 2 aliphatic heterocycles. The first kappa shape index (κ1) is 19.2. The van der Waals surface area contributed by atoms with Crippen LogP contribution >= 0.6 is 0 Å². The van der Waals surface area contributed by atoms with Crippen LogP contribution in [0.4, 0.5) is 5.95 Å². The molecule has 0 aliphatic carbocycles. The van der Waals surface area contributed by atoms with Crippen LogP contribution in [0.25, 0.3) is 10.9 Å². The molecule has 30 heavy (non-hydrogen) atoms. The van der Waals surface area contributed by atoms with Crippen molar-refractivity contribution in [3.05, 3.63) is 54.0 Å². The smallest absolute Gasteiger partial charge is 0.225 e. The zero-order chi connectivity index (χ0) is 20.5. The molecule has 2 saturated heterocycles. The van der Waals surface area contributed by atoms with Crippen molar-refractivity contribution in [1.29, 1.82) is 0 Å². The number of carbonyl (C=O) groups excluding carboxylic acids is 1. The molecule has 6 heteroatoms. The summed E-state index contributed by atoms with van der Waals surface area (Å²) in [4.78, 5) is 24.4. The molecule has 0 amide bonds. The predicted octanol–water partition coefficient (Wildman–Crippen LogP) is 3.49. The van der Waals surface area contributed by atoms with Gasteiger partial charge < -0.3 is 14.4 Å². The Morgan fingerprint density at radius 3 is 2.60 bits per heavy atom. The lowest BCUT2D eigenvalue weighted by Crippen LogP contribution is -2.39. The summed E-state index contributed by atoms with van der Waals surface area (Å²) < 4.78 is 2.27. The van der Waals surface area contributed by atoms with Crippen LogP contribution < -0.4 is 4.90 Å². The third kappa shape index (κ3) is 3.72. The number of para-hydroxylation sites is 1. The van der Waals surface area contributed by atoms with Crippen LogP contribution in [0.3, 0.4) is 0 Å². The van der Waals surface area contributed by atoms with Gasteiger partial charge in [-0.1, -0.05) is 18.2 Å². The summed E-state index contributed by atoms with van der Waals surface area (Å²) in [5.74, 6) is 2.12. The summed E-state index contributed by atoms with van der Waals surface area (Å²) in [5, 5.41) is 1.42. The number of benzene rings is 1. The van der Waals surface area contributed by atoms with Crippen LogP contribution in [0.15, 0.2) is 42.9 Å². The van der Waals surface area contributed by atoms with Gasteiger partial charge in [-0.25, -0.2) is 9.97 Å². The van der Waals surface area contributed by atoms with E-state index in [1.807, 2.05) is 0 Å². The van der Waals surface area contributed by atoms with E-state index in [0.29, 0.717) is 11.5 Å². The number of nitrogens with zero attached hydrogens (tertiary/aromatic N) is 5. The average Bonchev–Trinajstić information content (AvgIpc) is 3.39. The van der Waals surface area contributed by atoms with Crippen molar-refractivity contribution in [3.8, 4) is 0 Å². The van der Waals surface area contributed by atoms with Crippen LogP contribution in [-0.2, 0) is 7.05 Å². The molecule has 0 spiro atoms. The number of aryl methyl sites for hydroxylation is 1. The van der Waals surface area contributed by atoms with Crippen LogP contribution in [0.1, 0.15) is 41.1 Å². The Balaban J connectivity index is 1.16. The van der Waals surface area contributed by atoms with E-state index in [1.165, 1.54) is 55.4 Å². The molecule has 6 nitrogen and oxygen atoms in total. The molecule has 5 rings (SSSR count). The summed E-state index contributed by atoms with van der Waals surface area (Å²) in [6.45, 7) is 5.55. The SMILES string of the molecule is Cn1cc(C2CCN(CC3CCN(c4ncc(C=O)cn4)CC3)C2)c2ccccc21. The van der Waals surface area contributed by atoms with Gasteiger partial charge in [-0.3, -0.25) is 4.79 Å². The summed E-state index contributed by atoms with van der Waals surface area (Å²) >= 11 is 0. The van der Waals surface area contributed by atoms with E-state index in [-0.39, 0.29) is 0 Å². The zero-order valence-corrected chi connectivity index (χ0v) is 17.6. The molecule has 2 fully saturated rings. The average molecular weight is 404 g/mol. The number of hydrogen-bond donors (Lipinski definition) is 0. The van der Waals surface area contributed by atoms with Crippen LogP contribution in [0, 0.1) is 5.92 Å². The first-order valence-corrected chi connectivity index (χ1v) is 11.0. The zero-order valence-electron chi connectivity index (χ0n) is 17.6. The fraction of sp³-hybridized carbons (Fsp3) is 0.458. The number of piperidine rings is 1. The number of aromatic nitrogens is 3. The first-order chi connectivity index (χ1) is 14.7. The Labute approximate surface area is 177 Å². The number of aldehydes is 1. The Hall–Kier alpha value is -2.73. The van der Waals surface area contributed by atoms with Crippen molar-refractivity contribution in [1.82, 2.24) is 19.4 Å². The van der Waals surface area contributed by atoms with Gasteiger partial charge in [0.25, 0.3) is 0 Å². The lowest BCUT2D eigenvalue weighted by atomic mass is 9.96. The summed E-state index contributed by atoms with van der Waals surface area (Å²) in [6.07, 6.45) is 9.95. The summed E-state index contributed by atoms with van der Waals surface area (Å²) in [6, 6.07) is 8.77. The molecule has 0 N–H and O–H groups in total. The van der Waals surface area contributed by atoms with Gasteiger partial charge in [0.05, 0.1) is 5.56 Å². The number of hydrogen-bond acceptors (Lipinski definition) is 5. The van der Waals surface area contributed by atoms with E-state index in [0.717, 1.165) is 31.2 Å². The lowest BCUT2D eigenvalue weighted by molar-refractivity contribution is 0.112. The molecular weight excluding hydrogens is 374 g/mol. The van der Waals surface area contributed by atoms with E-state index in [4.69, 9.17) is 0 Å². The molecule has 0 bridgehead atoms. The Morgan fingerprint density at radius 2 is 1.83 bits per heavy atom. The van der Waals surface area contributed by atoms with E-state index >= 15 is 0 Å². The number of likely N-dealkylation sites (tertiary alicyclic amines) is 1. The number of fused-ring (bicyclic) bond motifs is 1. The van der Waals surface area contributed by atoms with Gasteiger partial charge in [0.1, 0.15) is 0 Å². The van der Waals surface area contributed by atoms with Crippen molar-refractivity contribution in [3.63, 3.8) is 0 Å². The molecule has 1 atom stereocenters. The van der Waals surface area contributed by atoms with E-state index in [9.17, 15) is 4.79 Å². The van der Waals surface area contributed by atoms with Gasteiger partial charge in [0.2, 0.25) is 5.95 Å². The lowest BCUT2D eigenvalue weighted by Gasteiger charge is -2.33. The normalized spacial score (nSPS) is 20.8. The quantitative estimate of drug-likeness (QED) is 0.611. The standard InChI is InChI=1S/C24H29N5O/c1-27-16-22(21-4-2-3-5-23(21)27)20-8-9-28(15-20)14-18-6-10-29(11-7-18)24-25-12-19(17-30)13-26-24/h2-5,12-13,16-18,20H,6-11,14-15H2,1H3. The maximum absolute atomic E-state index is 10.8. The summed E-state index contributed by atoms with van der Waals surface area (Å²) in [5.41, 5.74) is 3.38. The van der Waals surface area contributed by atoms with Crippen LogP contribution in [0.5, 0.6) is 0 Å². The Bertz CT molecular complexity index is 1020. The Morgan fingerprint density at radius 1 is 1.07 bits per heavy atom. The highest BCUT2D eigenvalue weighted by molar-refractivity contribution is 5.84. The maximum Gasteiger partial charge on any atom is 0.225 e. The van der Waals surface area contributed by atoms with Gasteiger partial charge in [-0.05, 0) is 49.3 Å². The van der Waals surface area contributed by atoms with E-state index in [1.54, 1.807) is 12.4 Å². The number of carbonyl (C=O) groups is 1. The summed E-state index contributed by atoms with van der Waals surface area (Å²) in [7, 11) is 2.16. The van der Waals surface area contributed by atoms with E-state index < -0.39 is 0 Å². The second kappa shape index (κ2) is 8.19. The van der Waals surface area contributed by atoms with E-state index in [2.05, 4.69) is 61.8 Å². The number of anilines is 1. The predicted molar refractivity (Wildman–Crippen MR) is 119 cm³/mol. The minimum Gasteiger partial charge on any atom is -0.350 e. The van der Waals surface area contributed by atoms with Crippen molar-refractivity contribution < 1.29 is 4.79 Å². The third-order valence-electron chi connectivity index (χ3n) is 6.85. The molecule has 2 aromatic heterocycles. The molecule has 4 heterocycles. The minimum absolute atomic E-state index is 0.531. The molecule has 2 aliphatic rings. The topological polar surface area (TPSA) is 54.3 Å². The van der Waals surface area contributed by atoms with Crippen molar-refractivity contribution in [2.24, 2.45) is 13.0 Å². The third-order valence-corrected chi connectivity index (χ3v) is 6.85. The number of rotatable bonds is 5. The second-order valence-electron chi connectivity index (χ2n) is 8.82. The van der Waals surface area contributed by atoms with Crippen molar-refractivity contribution in [2.75, 3.05) is 37.6 Å². The van der Waals surface area contributed by atoms with Gasteiger partial charge in [0, 0.05) is 62.7 Å². The molecule has 0 saturated carbocycles. The van der Waals surface area contributed by atoms with Crippen molar-refractivity contribution >= 4 is 23.1 Å².